The van der Waals surface area contributed by atoms with Crippen LogP contribution in [0.4, 0.5) is 0 Å². The summed E-state index contributed by atoms with van der Waals surface area (Å²) in [4.78, 5) is 0. The first kappa shape index (κ1) is 8.41. The van der Waals surface area contributed by atoms with Crippen LogP contribution in [-0.2, 0) is 0 Å². The maximum atomic E-state index is 3.26. The first-order chi connectivity index (χ1) is 4.68. The Labute approximate surface area is 68.0 Å². The third-order valence-corrected chi connectivity index (χ3v) is 3.32. The van der Waals surface area contributed by atoms with Crippen LogP contribution >= 0.6 is 11.8 Å². The van der Waals surface area contributed by atoms with Crippen molar-refractivity contribution in [1.82, 2.24) is 5.32 Å². The van der Waals surface area contributed by atoms with Gasteiger partial charge in [-0.2, -0.15) is 11.8 Å². The monoisotopic (exact) mass is 159 g/mol. The van der Waals surface area contributed by atoms with E-state index in [4.69, 9.17) is 0 Å². The number of hydrogen-bond donors (Lipinski definition) is 1. The molecule has 0 radical (unpaired) electrons. The van der Waals surface area contributed by atoms with E-state index in [1.165, 1.54) is 19.4 Å². The fraction of sp³-hybridized carbons (Fsp3) is 1.00. The second kappa shape index (κ2) is 3.14. The quantitative estimate of drug-likeness (QED) is 0.672. The van der Waals surface area contributed by atoms with E-state index in [0.29, 0.717) is 4.75 Å². The average Bonchev–Trinajstić information content (AvgIpc) is 2.47. The fourth-order valence-corrected chi connectivity index (χ4v) is 2.86. The minimum atomic E-state index is 0.628. The summed E-state index contributed by atoms with van der Waals surface area (Å²) in [5.74, 6) is 0. The van der Waals surface area contributed by atoms with Crippen LogP contribution in [0.3, 0.4) is 0 Å². The van der Waals surface area contributed by atoms with Crippen LogP contribution in [0.25, 0.3) is 0 Å². The lowest BCUT2D eigenvalue weighted by Gasteiger charge is -2.16. The molecule has 0 bridgehead atoms. The molecular weight excluding hydrogens is 142 g/mol. The van der Waals surface area contributed by atoms with Crippen LogP contribution in [0.2, 0.25) is 0 Å². The Morgan fingerprint density at radius 1 is 1.50 bits per heavy atom. The topological polar surface area (TPSA) is 12.0 Å². The van der Waals surface area contributed by atoms with E-state index in [0.717, 1.165) is 5.25 Å². The molecule has 0 spiro atoms. The van der Waals surface area contributed by atoms with Gasteiger partial charge in [-0.15, -0.1) is 0 Å². The maximum absolute atomic E-state index is 3.26. The molecule has 0 aromatic rings. The molecule has 1 rings (SSSR count). The van der Waals surface area contributed by atoms with E-state index in [1.54, 1.807) is 0 Å². The Hall–Kier alpha value is 0.310. The van der Waals surface area contributed by atoms with Crippen molar-refractivity contribution < 1.29 is 0 Å². The minimum Gasteiger partial charge on any atom is -0.318 e. The molecule has 1 saturated carbocycles. The van der Waals surface area contributed by atoms with Gasteiger partial charge in [-0.05, 0) is 25.1 Å². The molecule has 0 aromatic carbocycles. The Bertz CT molecular complexity index is 108. The molecule has 2 heteroatoms. The van der Waals surface area contributed by atoms with Crippen molar-refractivity contribution in [2.75, 3.05) is 13.6 Å². The van der Waals surface area contributed by atoms with Crippen LogP contribution in [0.15, 0.2) is 0 Å². The zero-order valence-corrected chi connectivity index (χ0v) is 7.92. The standard InChI is InChI=1S/C8H17NS/c1-7(2)10-8(4-5-8)6-9-3/h7,9H,4-6H2,1-3H3. The Balaban J connectivity index is 2.23. The van der Waals surface area contributed by atoms with Crippen LogP contribution in [0.5, 0.6) is 0 Å². The van der Waals surface area contributed by atoms with Gasteiger partial charge in [0.2, 0.25) is 0 Å². The molecule has 1 fully saturated rings. The Morgan fingerprint density at radius 3 is 2.40 bits per heavy atom. The highest BCUT2D eigenvalue weighted by molar-refractivity contribution is 8.01. The highest BCUT2D eigenvalue weighted by Gasteiger charge is 2.42. The normalized spacial score (nSPS) is 21.6. The van der Waals surface area contributed by atoms with Crippen LogP contribution in [0.1, 0.15) is 26.7 Å². The largest absolute Gasteiger partial charge is 0.318 e. The van der Waals surface area contributed by atoms with E-state index in [2.05, 4.69) is 30.9 Å². The molecule has 0 atom stereocenters. The van der Waals surface area contributed by atoms with Crippen LogP contribution in [0, 0.1) is 0 Å². The molecule has 1 N–H and O–H groups in total. The number of nitrogens with one attached hydrogen (secondary N) is 1. The van der Waals surface area contributed by atoms with Crippen molar-refractivity contribution >= 4 is 11.8 Å². The lowest BCUT2D eigenvalue weighted by Crippen LogP contribution is -2.23. The van der Waals surface area contributed by atoms with E-state index in [-0.39, 0.29) is 0 Å². The molecule has 0 aliphatic heterocycles. The third kappa shape index (κ3) is 2.17. The average molecular weight is 159 g/mol. The Morgan fingerprint density at radius 2 is 2.10 bits per heavy atom. The van der Waals surface area contributed by atoms with Crippen molar-refractivity contribution in [3.8, 4) is 0 Å². The first-order valence-electron chi connectivity index (χ1n) is 4.01. The summed E-state index contributed by atoms with van der Waals surface area (Å²) in [6, 6.07) is 0. The smallest absolute Gasteiger partial charge is 0.0287 e. The minimum absolute atomic E-state index is 0.628. The van der Waals surface area contributed by atoms with Gasteiger partial charge in [-0.25, -0.2) is 0 Å². The van der Waals surface area contributed by atoms with Gasteiger partial charge in [0.05, 0.1) is 0 Å². The van der Waals surface area contributed by atoms with Gasteiger partial charge < -0.3 is 5.32 Å². The molecule has 0 aromatic heterocycles. The molecule has 0 heterocycles. The molecule has 0 saturated heterocycles. The Kier molecular flexibility index (Phi) is 2.64. The molecule has 1 nitrogen and oxygen atoms in total. The van der Waals surface area contributed by atoms with Crippen molar-refractivity contribution in [2.24, 2.45) is 0 Å². The highest BCUT2D eigenvalue weighted by Crippen LogP contribution is 2.49. The summed E-state index contributed by atoms with van der Waals surface area (Å²) in [7, 11) is 2.04. The van der Waals surface area contributed by atoms with E-state index in [9.17, 15) is 0 Å². The maximum Gasteiger partial charge on any atom is 0.0287 e. The van der Waals surface area contributed by atoms with Crippen molar-refractivity contribution in [1.29, 1.82) is 0 Å². The molecule has 1 aliphatic rings. The summed E-state index contributed by atoms with van der Waals surface area (Å²) in [6.07, 6.45) is 2.83. The van der Waals surface area contributed by atoms with E-state index < -0.39 is 0 Å². The van der Waals surface area contributed by atoms with Crippen LogP contribution < -0.4 is 5.32 Å². The predicted octanol–water partition coefficient (Wildman–Crippen LogP) is 1.88. The van der Waals surface area contributed by atoms with Gasteiger partial charge in [0.1, 0.15) is 0 Å². The summed E-state index contributed by atoms with van der Waals surface area (Å²) in [5, 5.41) is 4.04. The molecule has 1 aliphatic carbocycles. The molecule has 0 unspecified atom stereocenters. The fourth-order valence-electron chi connectivity index (χ4n) is 1.30. The van der Waals surface area contributed by atoms with Gasteiger partial charge in [0.15, 0.2) is 0 Å². The zero-order valence-electron chi connectivity index (χ0n) is 7.11. The summed E-state index contributed by atoms with van der Waals surface area (Å²) in [5.41, 5.74) is 0. The third-order valence-electron chi connectivity index (χ3n) is 1.79. The van der Waals surface area contributed by atoms with Crippen LogP contribution in [-0.4, -0.2) is 23.6 Å². The van der Waals surface area contributed by atoms with Crippen molar-refractivity contribution in [2.45, 2.75) is 36.7 Å². The predicted molar refractivity (Wildman–Crippen MR) is 48.6 cm³/mol. The van der Waals surface area contributed by atoms with Gasteiger partial charge in [0.25, 0.3) is 0 Å². The van der Waals surface area contributed by atoms with Crippen molar-refractivity contribution in [3.05, 3.63) is 0 Å². The first-order valence-corrected chi connectivity index (χ1v) is 4.89. The van der Waals surface area contributed by atoms with Gasteiger partial charge in [-0.3, -0.25) is 0 Å². The van der Waals surface area contributed by atoms with Gasteiger partial charge >= 0.3 is 0 Å². The number of thioether (sulfide) groups is 1. The highest BCUT2D eigenvalue weighted by atomic mass is 32.2. The SMILES string of the molecule is CNCC1(SC(C)C)CC1. The second-order valence-corrected chi connectivity index (χ2v) is 5.42. The number of hydrogen-bond acceptors (Lipinski definition) is 2. The molecule has 10 heavy (non-hydrogen) atoms. The number of rotatable bonds is 4. The lowest BCUT2D eigenvalue weighted by molar-refractivity contribution is 0.749. The summed E-state index contributed by atoms with van der Waals surface area (Å²) in [6.45, 7) is 5.75. The summed E-state index contributed by atoms with van der Waals surface area (Å²) < 4.78 is 0.628. The van der Waals surface area contributed by atoms with Gasteiger partial charge in [-0.1, -0.05) is 13.8 Å². The zero-order chi connectivity index (χ0) is 7.61. The second-order valence-electron chi connectivity index (χ2n) is 3.38. The molecule has 0 amide bonds. The van der Waals surface area contributed by atoms with Crippen molar-refractivity contribution in [3.63, 3.8) is 0 Å². The molecular formula is C8H17NS. The summed E-state index contributed by atoms with van der Waals surface area (Å²) >= 11 is 2.13. The van der Waals surface area contributed by atoms with E-state index in [1.807, 2.05) is 7.05 Å². The molecule has 60 valence electrons. The van der Waals surface area contributed by atoms with Gasteiger partial charge in [0, 0.05) is 11.3 Å². The van der Waals surface area contributed by atoms with E-state index >= 15 is 0 Å². The lowest BCUT2D eigenvalue weighted by atomic mass is 10.4.